The lowest BCUT2D eigenvalue weighted by atomic mass is 9.74. The fourth-order valence-electron chi connectivity index (χ4n) is 15.5. The van der Waals surface area contributed by atoms with Gasteiger partial charge in [0.1, 0.15) is 11.5 Å². The molecule has 0 saturated carbocycles. The molecule has 2 heteroatoms. The maximum atomic E-state index is 14.0. The maximum Gasteiger partial charge on any atom is 0.131 e. The summed E-state index contributed by atoms with van der Waals surface area (Å²) in [5.74, 6) is 0.839. The Labute approximate surface area is 450 Å². The van der Waals surface area contributed by atoms with Crippen LogP contribution in [0.5, 0.6) is 11.5 Å². The minimum atomic E-state index is 0.367. The molecule has 0 aromatic heterocycles. The predicted octanol–water partition coefficient (Wildman–Crippen LogP) is 19.5. The van der Waals surface area contributed by atoms with Gasteiger partial charge in [-0.1, -0.05) is 66.7 Å². The standard InChI is InChI=1S/C74H70O2/c1-32-34(3)42(11)63-61(40(32)9)67(51-27-25-50(26-28-51)53-24-20-22-49-21-18-19-23-52(49)53)62-41(10)33(2)35(4)43(12)64(62)72(63)66-45(14)37(6)44(13)65(74(66)76)60-46(15)56-29-54-38(7)36(5)39(8)55-31-59-71(68(54)55)70-58(48(17)73(59)75)30-57(47(60)16)69(56)70/h18-28,75-76H,29-31H2,1-17H3. The van der Waals surface area contributed by atoms with E-state index in [-0.39, 0.29) is 0 Å². The van der Waals surface area contributed by atoms with Crippen LogP contribution in [-0.4, -0.2) is 10.2 Å². The van der Waals surface area contributed by atoms with Crippen LogP contribution in [0.1, 0.15) is 128 Å². The molecule has 3 aliphatic carbocycles. The Morgan fingerprint density at radius 2 is 0.632 bits per heavy atom. The monoisotopic (exact) mass is 991 g/mol. The summed E-state index contributed by atoms with van der Waals surface area (Å²) in [5, 5.41) is 33.6. The Hall–Kier alpha value is -7.42. The minimum Gasteiger partial charge on any atom is -0.507 e. The Balaban J connectivity index is 1.14. The van der Waals surface area contributed by atoms with Gasteiger partial charge in [0.15, 0.2) is 0 Å². The molecule has 0 saturated heterocycles. The highest BCUT2D eigenvalue weighted by Gasteiger charge is 2.42. The van der Waals surface area contributed by atoms with E-state index in [4.69, 9.17) is 0 Å². The maximum absolute atomic E-state index is 14.0. The summed E-state index contributed by atoms with van der Waals surface area (Å²) in [4.78, 5) is 0. The van der Waals surface area contributed by atoms with Gasteiger partial charge >= 0.3 is 0 Å². The molecule has 3 aliphatic rings. The molecule has 0 heterocycles. The zero-order valence-electron chi connectivity index (χ0n) is 47.9. The molecular weight excluding hydrogens is 921 g/mol. The van der Waals surface area contributed by atoms with Crippen molar-refractivity contribution in [2.75, 3.05) is 0 Å². The highest BCUT2D eigenvalue weighted by Crippen LogP contribution is 2.62. The largest absolute Gasteiger partial charge is 0.507 e. The number of fused-ring (bicyclic) bond motifs is 3. The number of rotatable bonds is 4. The van der Waals surface area contributed by atoms with Gasteiger partial charge in [-0.3, -0.25) is 0 Å². The zero-order chi connectivity index (χ0) is 53.7. The molecule has 0 amide bonds. The van der Waals surface area contributed by atoms with Gasteiger partial charge in [-0.15, -0.1) is 0 Å². The number of benzene rings is 10. The van der Waals surface area contributed by atoms with E-state index < -0.39 is 0 Å². The summed E-state index contributed by atoms with van der Waals surface area (Å²) >= 11 is 0. The van der Waals surface area contributed by atoms with E-state index >= 15 is 0 Å². The molecule has 13 rings (SSSR count). The molecule has 2 N–H and O–H groups in total. The number of phenols is 2. The zero-order valence-corrected chi connectivity index (χ0v) is 47.9. The van der Waals surface area contributed by atoms with Crippen LogP contribution in [0, 0.1) is 118 Å². The molecule has 10 aromatic rings. The second-order valence-corrected chi connectivity index (χ2v) is 23.7. The first kappa shape index (κ1) is 48.2. The number of aromatic hydroxyl groups is 2. The van der Waals surface area contributed by atoms with Crippen LogP contribution in [0.25, 0.3) is 99.1 Å². The van der Waals surface area contributed by atoms with Crippen LogP contribution in [0.3, 0.4) is 0 Å². The Bertz CT molecular complexity index is 4330. The molecule has 0 aliphatic heterocycles. The van der Waals surface area contributed by atoms with E-state index in [1.165, 1.54) is 183 Å². The first-order valence-corrected chi connectivity index (χ1v) is 27.7. The van der Waals surface area contributed by atoms with Gasteiger partial charge in [-0.25, -0.2) is 0 Å². The normalized spacial score (nSPS) is 13.0. The second kappa shape index (κ2) is 16.3. The number of hydrogen-bond acceptors (Lipinski definition) is 2. The van der Waals surface area contributed by atoms with Crippen molar-refractivity contribution in [3.63, 3.8) is 0 Å². The summed E-state index contributed by atoms with van der Waals surface area (Å²) in [6.07, 6.45) is 2.36. The van der Waals surface area contributed by atoms with Crippen LogP contribution < -0.4 is 0 Å². The van der Waals surface area contributed by atoms with Crippen molar-refractivity contribution < 1.29 is 10.2 Å². The lowest BCUT2D eigenvalue weighted by molar-refractivity contribution is 0.465. The van der Waals surface area contributed by atoms with Gasteiger partial charge in [-0.2, -0.15) is 0 Å². The molecule has 0 unspecified atom stereocenters. The van der Waals surface area contributed by atoms with Gasteiger partial charge in [0.25, 0.3) is 0 Å². The van der Waals surface area contributed by atoms with Crippen molar-refractivity contribution in [3.8, 4) is 78.3 Å². The van der Waals surface area contributed by atoms with Gasteiger partial charge < -0.3 is 10.2 Å². The fraction of sp³-hybridized carbons (Fsp3) is 0.270. The third-order valence-electron chi connectivity index (χ3n) is 20.9. The van der Waals surface area contributed by atoms with Crippen LogP contribution in [0.2, 0.25) is 0 Å². The molecule has 0 bridgehead atoms. The molecule has 2 nitrogen and oxygen atoms in total. The fourth-order valence-corrected chi connectivity index (χ4v) is 15.5. The van der Waals surface area contributed by atoms with E-state index in [1.807, 2.05) is 0 Å². The molecule has 0 fully saturated rings. The number of phenolic OH excluding ortho intramolecular Hbond substituents is 2. The lowest BCUT2D eigenvalue weighted by Crippen LogP contribution is -2.08. The highest BCUT2D eigenvalue weighted by molar-refractivity contribution is 6.26. The third-order valence-corrected chi connectivity index (χ3v) is 20.9. The molecule has 0 spiro atoms. The lowest BCUT2D eigenvalue weighted by Gasteiger charge is -2.30. The van der Waals surface area contributed by atoms with E-state index in [1.54, 1.807) is 0 Å². The molecule has 76 heavy (non-hydrogen) atoms. The SMILES string of the molecule is Cc1c(C)c2c3c(c1C)Cc1c(O)c(C)c4c(c1-3)-c1c(c(C)c(-c3c(C)c(C)c(C)c(-c5c6c(C)c(C)c(C)c(C)c6c(-c6ccc(-c7cccc8ccccc78)cc6)c6c(C)c(C)c(C)c(C)c56)c3O)c(C)c1C4)C2. The quantitative estimate of drug-likeness (QED) is 0.173. The Morgan fingerprint density at radius 3 is 1.16 bits per heavy atom. The first-order chi connectivity index (χ1) is 36.2. The van der Waals surface area contributed by atoms with E-state index in [2.05, 4.69) is 184 Å². The number of aryl methyl sites for hydroxylation is 4. The van der Waals surface area contributed by atoms with E-state index in [0.29, 0.717) is 11.5 Å². The summed E-state index contributed by atoms with van der Waals surface area (Å²) in [7, 11) is 0. The third kappa shape index (κ3) is 5.94. The molecule has 0 radical (unpaired) electrons. The van der Waals surface area contributed by atoms with Crippen LogP contribution in [-0.2, 0) is 19.3 Å². The summed E-state index contributed by atoms with van der Waals surface area (Å²) in [5.41, 5.74) is 43.6. The second-order valence-electron chi connectivity index (χ2n) is 23.7. The highest BCUT2D eigenvalue weighted by atomic mass is 16.3. The van der Waals surface area contributed by atoms with Crippen LogP contribution in [0.15, 0.2) is 66.7 Å². The molecule has 0 atom stereocenters. The van der Waals surface area contributed by atoms with E-state index in [0.717, 1.165) is 63.8 Å². The summed E-state index contributed by atoms with van der Waals surface area (Å²) in [6.45, 7) is 39.0. The van der Waals surface area contributed by atoms with Gasteiger partial charge in [0.2, 0.25) is 0 Å². The summed E-state index contributed by atoms with van der Waals surface area (Å²) < 4.78 is 0. The van der Waals surface area contributed by atoms with Crippen molar-refractivity contribution in [1.82, 2.24) is 0 Å². The van der Waals surface area contributed by atoms with Crippen molar-refractivity contribution >= 4 is 32.3 Å². The smallest absolute Gasteiger partial charge is 0.131 e. The minimum absolute atomic E-state index is 0.367. The molecule has 10 aromatic carbocycles. The number of hydrogen-bond donors (Lipinski definition) is 2. The van der Waals surface area contributed by atoms with E-state index in [9.17, 15) is 10.2 Å². The molecule has 378 valence electrons. The van der Waals surface area contributed by atoms with Gasteiger partial charge in [-0.05, 0) is 335 Å². The van der Waals surface area contributed by atoms with Crippen molar-refractivity contribution in [1.29, 1.82) is 0 Å². The van der Waals surface area contributed by atoms with Crippen LogP contribution >= 0.6 is 0 Å². The van der Waals surface area contributed by atoms with Crippen molar-refractivity contribution in [3.05, 3.63) is 195 Å². The van der Waals surface area contributed by atoms with Crippen molar-refractivity contribution in [2.24, 2.45) is 0 Å². The van der Waals surface area contributed by atoms with Crippen molar-refractivity contribution in [2.45, 2.75) is 137 Å². The Kier molecular flexibility index (Phi) is 10.3. The van der Waals surface area contributed by atoms with Gasteiger partial charge in [0, 0.05) is 28.7 Å². The molecular formula is C74H70O2. The average Bonchev–Trinajstić information content (AvgIpc) is 4.12. The predicted molar refractivity (Wildman–Crippen MR) is 324 cm³/mol. The van der Waals surface area contributed by atoms with Crippen LogP contribution in [0.4, 0.5) is 0 Å². The average molecular weight is 991 g/mol. The van der Waals surface area contributed by atoms with Gasteiger partial charge in [0.05, 0.1) is 0 Å². The Morgan fingerprint density at radius 1 is 0.250 bits per heavy atom. The topological polar surface area (TPSA) is 40.5 Å². The first-order valence-electron chi connectivity index (χ1n) is 27.7. The summed E-state index contributed by atoms with van der Waals surface area (Å²) in [6, 6.07) is 24.7.